The van der Waals surface area contributed by atoms with Gasteiger partial charge in [-0.3, -0.25) is 10.2 Å². The van der Waals surface area contributed by atoms with Gasteiger partial charge in [0.1, 0.15) is 0 Å². The second-order valence-electron chi connectivity index (χ2n) is 11.2. The molecule has 14 heteroatoms. The number of nitrogens with one attached hydrogen (secondary N) is 2. The second kappa shape index (κ2) is 15.0. The molecular formula is C33H31Cl2F3N6OS2. The quantitative estimate of drug-likeness (QED) is 0.142. The lowest BCUT2D eigenvalue weighted by atomic mass is 10.1. The van der Waals surface area contributed by atoms with E-state index in [1.54, 1.807) is 22.9 Å². The maximum absolute atomic E-state index is 13.9. The zero-order chi connectivity index (χ0) is 33.0. The van der Waals surface area contributed by atoms with Gasteiger partial charge in [-0.05, 0) is 80.3 Å². The predicted molar refractivity (Wildman–Crippen MR) is 182 cm³/mol. The Kier molecular flexibility index (Phi) is 10.8. The molecule has 1 amide bonds. The Balaban J connectivity index is 1.39. The third-order valence-electron chi connectivity index (χ3n) is 7.84. The van der Waals surface area contributed by atoms with Crippen LogP contribution in [0.1, 0.15) is 64.2 Å². The van der Waals surface area contributed by atoms with Crippen LogP contribution in [0, 0.1) is 11.8 Å². The number of nitrogens with zero attached hydrogens (tertiary/aromatic N) is 4. The van der Waals surface area contributed by atoms with Crippen LogP contribution in [0.4, 0.5) is 13.2 Å². The summed E-state index contributed by atoms with van der Waals surface area (Å²) in [5.41, 5.74) is 5.01. The molecule has 7 nitrogen and oxygen atoms in total. The predicted octanol–water partition coefficient (Wildman–Crippen LogP) is 8.21. The number of benzene rings is 2. The van der Waals surface area contributed by atoms with Crippen molar-refractivity contribution in [2.45, 2.75) is 44.8 Å². The number of alkyl halides is 3. The molecule has 0 bridgehead atoms. The molecule has 6 rings (SSSR count). The van der Waals surface area contributed by atoms with E-state index in [0.29, 0.717) is 44.0 Å². The average molecular weight is 720 g/mol. The highest BCUT2D eigenvalue weighted by molar-refractivity contribution is 7.95. The van der Waals surface area contributed by atoms with E-state index in [9.17, 15) is 18.0 Å². The first-order valence-corrected chi connectivity index (χ1v) is 17.6. The van der Waals surface area contributed by atoms with Crippen molar-refractivity contribution >= 4 is 52.6 Å². The van der Waals surface area contributed by atoms with Crippen molar-refractivity contribution < 1.29 is 18.0 Å². The Morgan fingerprint density at radius 2 is 1.66 bits per heavy atom. The van der Waals surface area contributed by atoms with Crippen LogP contribution in [0.3, 0.4) is 0 Å². The third-order valence-corrected chi connectivity index (χ3v) is 10.3. The number of amides is 1. The molecule has 2 aliphatic rings. The summed E-state index contributed by atoms with van der Waals surface area (Å²) >= 11 is 15.9. The lowest BCUT2D eigenvalue weighted by Crippen LogP contribution is -2.45. The van der Waals surface area contributed by atoms with Gasteiger partial charge in [-0.1, -0.05) is 41.5 Å². The van der Waals surface area contributed by atoms with Crippen LogP contribution in [0.15, 0.2) is 54.6 Å². The molecule has 0 aliphatic carbocycles. The molecule has 0 radical (unpaired) electrons. The number of aromatic nitrogens is 2. The number of thiophene rings is 1. The molecule has 246 valence electrons. The number of carbonyl (C=O) groups excluding carboxylic acids is 1. The fourth-order valence-corrected chi connectivity index (χ4v) is 7.71. The number of hydrogen-bond acceptors (Lipinski definition) is 7. The lowest BCUT2D eigenvalue weighted by molar-refractivity contribution is -0.137. The van der Waals surface area contributed by atoms with E-state index >= 15 is 0 Å². The van der Waals surface area contributed by atoms with Crippen molar-refractivity contribution in [3.8, 4) is 28.1 Å². The minimum absolute atomic E-state index is 0.275. The summed E-state index contributed by atoms with van der Waals surface area (Å²) in [5.74, 6) is 5.73. The molecule has 4 heterocycles. The standard InChI is InChI=1S/C33H31Cl2F3N6OS2/c34-24-11-14-28(27(35)20-24)44-31(29-15-13-25(46-29)12-8-22-6-9-23(10-7-22)33(36,37)38)26(21-39-47-43-18-4-5-19-43)30(40-44)32(45)41-42-16-2-1-3-17-42/h6-7,9-11,13-15,20,39H,1-5,16-19,21H2,(H,41,45). The molecule has 4 aromatic rings. The van der Waals surface area contributed by atoms with Gasteiger partial charge in [0.15, 0.2) is 5.69 Å². The summed E-state index contributed by atoms with van der Waals surface area (Å²) < 4.78 is 46.4. The van der Waals surface area contributed by atoms with Crippen molar-refractivity contribution in [1.82, 2.24) is 29.2 Å². The van der Waals surface area contributed by atoms with Crippen LogP contribution in [0.25, 0.3) is 16.3 Å². The van der Waals surface area contributed by atoms with E-state index in [1.807, 2.05) is 17.1 Å². The van der Waals surface area contributed by atoms with Gasteiger partial charge in [-0.25, -0.2) is 18.7 Å². The van der Waals surface area contributed by atoms with Crippen molar-refractivity contribution in [3.63, 3.8) is 0 Å². The summed E-state index contributed by atoms with van der Waals surface area (Å²) in [7, 11) is 0. The van der Waals surface area contributed by atoms with E-state index in [0.717, 1.165) is 75.3 Å². The monoisotopic (exact) mass is 718 g/mol. The number of rotatable bonds is 8. The van der Waals surface area contributed by atoms with Gasteiger partial charge >= 0.3 is 6.18 Å². The first-order chi connectivity index (χ1) is 22.7. The largest absolute Gasteiger partial charge is 0.416 e. The Morgan fingerprint density at radius 1 is 0.936 bits per heavy atom. The van der Waals surface area contributed by atoms with Crippen molar-refractivity contribution in [2.75, 3.05) is 26.2 Å². The first-order valence-electron chi connectivity index (χ1n) is 15.2. The van der Waals surface area contributed by atoms with Gasteiger partial charge in [0.2, 0.25) is 0 Å². The molecule has 2 aromatic heterocycles. The topological polar surface area (TPSA) is 65.4 Å². The first kappa shape index (κ1) is 33.9. The molecule has 2 aromatic carbocycles. The lowest BCUT2D eigenvalue weighted by Gasteiger charge is -2.26. The summed E-state index contributed by atoms with van der Waals surface area (Å²) in [4.78, 5) is 15.3. The zero-order valence-electron chi connectivity index (χ0n) is 25.2. The van der Waals surface area contributed by atoms with Gasteiger partial charge in [0.05, 0.1) is 31.7 Å². The van der Waals surface area contributed by atoms with Crippen molar-refractivity contribution in [2.24, 2.45) is 0 Å². The number of hydrogen-bond donors (Lipinski definition) is 2. The fraction of sp³-hybridized carbons (Fsp3) is 0.333. The Morgan fingerprint density at radius 3 is 2.36 bits per heavy atom. The molecule has 2 saturated heterocycles. The van der Waals surface area contributed by atoms with Gasteiger partial charge in [-0.2, -0.15) is 18.3 Å². The SMILES string of the molecule is O=C(NN1CCCCC1)c1nn(-c2ccc(Cl)cc2Cl)c(-c2ccc(C#Cc3ccc(C(F)(F)F)cc3)s2)c1CNSN1CCCC1. The Labute approximate surface area is 289 Å². The van der Waals surface area contributed by atoms with E-state index in [1.165, 1.54) is 35.6 Å². The van der Waals surface area contributed by atoms with Crippen LogP contribution in [0.5, 0.6) is 0 Å². The molecule has 0 unspecified atom stereocenters. The maximum atomic E-state index is 13.9. The molecule has 0 saturated carbocycles. The summed E-state index contributed by atoms with van der Waals surface area (Å²) in [6.45, 7) is 3.85. The summed E-state index contributed by atoms with van der Waals surface area (Å²) in [6.07, 6.45) is 1.02. The molecule has 0 atom stereocenters. The fourth-order valence-electron chi connectivity index (χ4n) is 5.47. The second-order valence-corrected chi connectivity index (χ2v) is 14.1. The van der Waals surface area contributed by atoms with Crippen LogP contribution >= 0.6 is 46.7 Å². The van der Waals surface area contributed by atoms with E-state index in [-0.39, 0.29) is 11.6 Å². The van der Waals surface area contributed by atoms with Crippen LogP contribution in [0.2, 0.25) is 10.0 Å². The Hall–Kier alpha value is -3.02. The third kappa shape index (κ3) is 8.35. The highest BCUT2D eigenvalue weighted by Gasteiger charge is 2.30. The summed E-state index contributed by atoms with van der Waals surface area (Å²) in [6, 6.07) is 13.6. The molecular weight excluding hydrogens is 688 g/mol. The van der Waals surface area contributed by atoms with Crippen molar-refractivity contribution in [1.29, 1.82) is 0 Å². The number of halogens is 5. The normalized spacial score (nSPS) is 15.9. The van der Waals surface area contributed by atoms with Crippen molar-refractivity contribution in [3.05, 3.63) is 91.9 Å². The van der Waals surface area contributed by atoms with Gasteiger partial charge in [0, 0.05) is 61.0 Å². The van der Waals surface area contributed by atoms with E-state index < -0.39 is 11.7 Å². The van der Waals surface area contributed by atoms with Crippen LogP contribution < -0.4 is 10.1 Å². The molecule has 2 N–H and O–H groups in total. The summed E-state index contributed by atoms with van der Waals surface area (Å²) in [5, 5.41) is 7.64. The number of piperidine rings is 1. The van der Waals surface area contributed by atoms with E-state index in [4.69, 9.17) is 28.3 Å². The molecule has 2 fully saturated rings. The van der Waals surface area contributed by atoms with Crippen LogP contribution in [-0.2, 0) is 12.7 Å². The molecule has 0 spiro atoms. The van der Waals surface area contributed by atoms with Gasteiger partial charge < -0.3 is 0 Å². The molecule has 47 heavy (non-hydrogen) atoms. The Bertz CT molecular complexity index is 1790. The number of carbonyl (C=O) groups is 1. The van der Waals surface area contributed by atoms with Gasteiger partial charge in [-0.15, -0.1) is 11.3 Å². The molecule has 2 aliphatic heterocycles. The van der Waals surface area contributed by atoms with E-state index in [2.05, 4.69) is 26.3 Å². The highest BCUT2D eigenvalue weighted by atomic mass is 35.5. The smallest absolute Gasteiger partial charge is 0.283 e. The minimum Gasteiger partial charge on any atom is -0.283 e. The minimum atomic E-state index is -4.41. The van der Waals surface area contributed by atoms with Crippen LogP contribution in [-0.4, -0.2) is 51.2 Å². The average Bonchev–Trinajstić information content (AvgIpc) is 3.81. The highest BCUT2D eigenvalue weighted by Crippen LogP contribution is 2.37. The van der Waals surface area contributed by atoms with Gasteiger partial charge in [0.25, 0.3) is 5.91 Å². The zero-order valence-corrected chi connectivity index (χ0v) is 28.3. The maximum Gasteiger partial charge on any atom is 0.416 e. The number of hydrazine groups is 1.